The van der Waals surface area contributed by atoms with Gasteiger partial charge in [0.1, 0.15) is 11.4 Å². The van der Waals surface area contributed by atoms with Crippen LogP contribution in [0.4, 0.5) is 30.2 Å². The highest BCUT2D eigenvalue weighted by Gasteiger charge is 2.30. The SMILES string of the molecule is COc1ccccc1NS(=O)(=O)c1ccc(N/N=C\c2cccc(C(F)(F)F)c2)c([N+](=O)[O-])c1. The van der Waals surface area contributed by atoms with Crippen LogP contribution in [0.3, 0.4) is 0 Å². The summed E-state index contributed by atoms with van der Waals surface area (Å²) in [6, 6.07) is 13.6. The third kappa shape index (κ3) is 5.81. The Morgan fingerprint density at radius 3 is 2.44 bits per heavy atom. The van der Waals surface area contributed by atoms with E-state index in [0.29, 0.717) is 0 Å². The third-order valence-corrected chi connectivity index (χ3v) is 5.80. The first-order chi connectivity index (χ1) is 16.0. The second kappa shape index (κ2) is 9.79. The summed E-state index contributed by atoms with van der Waals surface area (Å²) >= 11 is 0. The molecule has 0 aliphatic heterocycles. The van der Waals surface area contributed by atoms with Crippen LogP contribution in [0.15, 0.2) is 76.7 Å². The molecule has 0 spiro atoms. The van der Waals surface area contributed by atoms with E-state index in [1.165, 1.54) is 31.4 Å². The monoisotopic (exact) mass is 494 g/mol. The van der Waals surface area contributed by atoms with Gasteiger partial charge in [-0.05, 0) is 42.0 Å². The van der Waals surface area contributed by atoms with Crippen LogP contribution in [0, 0.1) is 10.1 Å². The predicted octanol–water partition coefficient (Wildman–Crippen LogP) is 4.87. The number of benzene rings is 3. The summed E-state index contributed by atoms with van der Waals surface area (Å²) in [4.78, 5) is 10.3. The Morgan fingerprint density at radius 2 is 1.76 bits per heavy atom. The molecule has 0 bridgehead atoms. The maximum absolute atomic E-state index is 12.8. The minimum absolute atomic E-state index is 0.102. The fourth-order valence-electron chi connectivity index (χ4n) is 2.83. The van der Waals surface area contributed by atoms with Crippen molar-refractivity contribution in [3.63, 3.8) is 0 Å². The van der Waals surface area contributed by atoms with E-state index in [0.717, 1.165) is 36.5 Å². The van der Waals surface area contributed by atoms with Crippen LogP contribution in [-0.4, -0.2) is 26.7 Å². The van der Waals surface area contributed by atoms with Gasteiger partial charge in [-0.2, -0.15) is 18.3 Å². The van der Waals surface area contributed by atoms with Crippen molar-refractivity contribution in [3.8, 4) is 5.75 Å². The Balaban J connectivity index is 1.85. The third-order valence-electron chi connectivity index (χ3n) is 4.44. The summed E-state index contributed by atoms with van der Waals surface area (Å²) in [5, 5.41) is 15.2. The number of nitrogens with one attached hydrogen (secondary N) is 2. The quantitative estimate of drug-likeness (QED) is 0.262. The molecule has 34 heavy (non-hydrogen) atoms. The molecule has 0 aliphatic rings. The summed E-state index contributed by atoms with van der Waals surface area (Å²) < 4.78 is 71.3. The highest BCUT2D eigenvalue weighted by Crippen LogP contribution is 2.31. The number of nitrogens with zero attached hydrogens (tertiary/aromatic N) is 2. The van der Waals surface area contributed by atoms with E-state index in [4.69, 9.17) is 4.74 Å². The van der Waals surface area contributed by atoms with E-state index < -0.39 is 37.3 Å². The molecule has 0 aliphatic carbocycles. The van der Waals surface area contributed by atoms with Crippen molar-refractivity contribution >= 4 is 33.3 Å². The zero-order valence-electron chi connectivity index (χ0n) is 17.4. The second-order valence-electron chi connectivity index (χ2n) is 6.74. The first-order valence-corrected chi connectivity index (χ1v) is 10.9. The van der Waals surface area contributed by atoms with Gasteiger partial charge in [-0.1, -0.05) is 24.3 Å². The normalized spacial score (nSPS) is 11.9. The maximum atomic E-state index is 12.8. The number of hydrogen-bond acceptors (Lipinski definition) is 7. The van der Waals surface area contributed by atoms with Gasteiger partial charge in [0.15, 0.2) is 0 Å². The van der Waals surface area contributed by atoms with Crippen LogP contribution < -0.4 is 14.9 Å². The van der Waals surface area contributed by atoms with E-state index >= 15 is 0 Å². The van der Waals surface area contributed by atoms with Crippen molar-refractivity contribution in [1.29, 1.82) is 0 Å². The fraction of sp³-hybridized carbons (Fsp3) is 0.0952. The molecule has 0 saturated carbocycles. The lowest BCUT2D eigenvalue weighted by molar-refractivity contribution is -0.384. The zero-order valence-corrected chi connectivity index (χ0v) is 18.2. The van der Waals surface area contributed by atoms with Gasteiger partial charge in [0, 0.05) is 6.07 Å². The van der Waals surface area contributed by atoms with Crippen molar-refractivity contribution in [2.75, 3.05) is 17.3 Å². The number of para-hydroxylation sites is 2. The Labute approximate surface area is 192 Å². The molecule has 0 atom stereocenters. The number of halogens is 3. The lowest BCUT2D eigenvalue weighted by Crippen LogP contribution is -2.14. The molecule has 0 unspecified atom stereocenters. The molecule has 13 heteroatoms. The van der Waals surface area contributed by atoms with E-state index in [1.807, 2.05) is 0 Å². The number of alkyl halides is 3. The number of sulfonamides is 1. The van der Waals surface area contributed by atoms with Crippen molar-refractivity contribution in [1.82, 2.24) is 0 Å². The highest BCUT2D eigenvalue weighted by atomic mass is 32.2. The molecule has 0 heterocycles. The molecular formula is C21H17F3N4O5S. The molecule has 0 radical (unpaired) electrons. The van der Waals surface area contributed by atoms with Gasteiger partial charge in [-0.3, -0.25) is 20.3 Å². The number of hydrogen-bond donors (Lipinski definition) is 2. The van der Waals surface area contributed by atoms with Gasteiger partial charge in [-0.25, -0.2) is 8.42 Å². The lowest BCUT2D eigenvalue weighted by Gasteiger charge is -2.12. The number of ether oxygens (including phenoxy) is 1. The number of anilines is 2. The number of rotatable bonds is 8. The first-order valence-electron chi connectivity index (χ1n) is 9.42. The standard InChI is InChI=1S/C21H17F3N4O5S/c1-33-20-8-3-2-7-18(20)27-34(31,32)16-9-10-17(19(12-16)28(29)30)26-25-13-14-5-4-6-15(11-14)21(22,23)24/h2-13,26-27H,1H3/b25-13-. The van der Waals surface area contributed by atoms with Crippen LogP contribution in [0.5, 0.6) is 5.75 Å². The summed E-state index contributed by atoms with van der Waals surface area (Å²) in [6.45, 7) is 0. The van der Waals surface area contributed by atoms with E-state index in [-0.39, 0.29) is 22.7 Å². The van der Waals surface area contributed by atoms with Gasteiger partial charge in [0.25, 0.3) is 15.7 Å². The molecule has 0 amide bonds. The minimum Gasteiger partial charge on any atom is -0.495 e. The van der Waals surface area contributed by atoms with Gasteiger partial charge in [0.2, 0.25) is 0 Å². The van der Waals surface area contributed by atoms with Crippen LogP contribution in [0.25, 0.3) is 0 Å². The Bertz CT molecular complexity index is 1340. The summed E-state index contributed by atoms with van der Waals surface area (Å²) in [7, 11) is -2.85. The molecular weight excluding hydrogens is 477 g/mol. The molecule has 2 N–H and O–H groups in total. The lowest BCUT2D eigenvalue weighted by atomic mass is 10.1. The Kier molecular flexibility index (Phi) is 7.05. The largest absolute Gasteiger partial charge is 0.495 e. The van der Waals surface area contributed by atoms with Crippen molar-refractivity contribution in [2.45, 2.75) is 11.1 Å². The minimum atomic E-state index is -4.53. The predicted molar refractivity (Wildman–Crippen MR) is 120 cm³/mol. The summed E-state index contributed by atoms with van der Waals surface area (Å²) in [5.74, 6) is 0.253. The molecule has 0 aromatic heterocycles. The second-order valence-corrected chi connectivity index (χ2v) is 8.42. The van der Waals surface area contributed by atoms with Crippen LogP contribution >= 0.6 is 0 Å². The van der Waals surface area contributed by atoms with Gasteiger partial charge in [0.05, 0.1) is 34.4 Å². The van der Waals surface area contributed by atoms with Crippen molar-refractivity contribution in [2.24, 2.45) is 5.10 Å². The first kappa shape index (κ1) is 24.5. The molecule has 178 valence electrons. The Morgan fingerprint density at radius 1 is 1.03 bits per heavy atom. The number of nitro benzene ring substituents is 1. The number of methoxy groups -OCH3 is 1. The van der Waals surface area contributed by atoms with E-state index in [1.54, 1.807) is 12.1 Å². The van der Waals surface area contributed by atoms with Crippen molar-refractivity contribution < 1.29 is 31.2 Å². The molecule has 0 saturated heterocycles. The number of hydrazone groups is 1. The molecule has 9 nitrogen and oxygen atoms in total. The van der Waals surface area contributed by atoms with Crippen LogP contribution in [0.1, 0.15) is 11.1 Å². The van der Waals surface area contributed by atoms with E-state index in [9.17, 15) is 31.7 Å². The smallest absolute Gasteiger partial charge is 0.416 e. The maximum Gasteiger partial charge on any atom is 0.416 e. The van der Waals surface area contributed by atoms with Gasteiger partial charge >= 0.3 is 6.18 Å². The highest BCUT2D eigenvalue weighted by molar-refractivity contribution is 7.92. The van der Waals surface area contributed by atoms with Gasteiger partial charge in [-0.15, -0.1) is 0 Å². The Hall–Kier alpha value is -4.13. The molecule has 0 fully saturated rings. The average Bonchev–Trinajstić information content (AvgIpc) is 2.79. The zero-order chi connectivity index (χ0) is 24.9. The van der Waals surface area contributed by atoms with Crippen LogP contribution in [0.2, 0.25) is 0 Å². The molecule has 3 aromatic rings. The number of nitro groups is 1. The summed E-state index contributed by atoms with van der Waals surface area (Å²) in [5.41, 5.74) is 0.955. The van der Waals surface area contributed by atoms with Crippen molar-refractivity contribution in [3.05, 3.63) is 88.0 Å². The van der Waals surface area contributed by atoms with E-state index in [2.05, 4.69) is 15.2 Å². The average molecular weight is 494 g/mol. The van der Waals surface area contributed by atoms with Crippen LogP contribution in [-0.2, 0) is 16.2 Å². The molecule has 3 aromatic carbocycles. The molecule has 3 rings (SSSR count). The fourth-order valence-corrected chi connectivity index (χ4v) is 3.92. The topological polar surface area (TPSA) is 123 Å². The van der Waals surface area contributed by atoms with Gasteiger partial charge < -0.3 is 4.74 Å². The summed E-state index contributed by atoms with van der Waals surface area (Å²) in [6.07, 6.45) is -3.48.